The molecule has 0 spiro atoms. The summed E-state index contributed by atoms with van der Waals surface area (Å²) in [6.07, 6.45) is 7.70. The summed E-state index contributed by atoms with van der Waals surface area (Å²) in [5.74, 6) is 0. The van der Waals surface area contributed by atoms with Gasteiger partial charge in [-0.15, -0.1) is 11.6 Å². The molecular weight excluding hydrogens is 270 g/mol. The van der Waals surface area contributed by atoms with E-state index < -0.39 is 4.87 Å². The zero-order valence-corrected chi connectivity index (χ0v) is 12.0. The molecule has 3 heterocycles. The molecule has 1 saturated heterocycles. The maximum absolute atomic E-state index is 6.93. The number of hydrogen-bond acceptors (Lipinski definition) is 3. The molecule has 3 aliphatic heterocycles. The average Bonchev–Trinajstić information content (AvgIpc) is 2.59. The molecule has 2 unspecified atom stereocenters. The molecule has 4 rings (SSSR count). The van der Waals surface area contributed by atoms with Crippen LogP contribution < -0.4 is 5.32 Å². The number of fused-ring (bicyclic) bond motifs is 5. The molecule has 0 aromatic heterocycles. The summed E-state index contributed by atoms with van der Waals surface area (Å²) >= 11 is 6.93. The highest BCUT2D eigenvalue weighted by atomic mass is 35.5. The van der Waals surface area contributed by atoms with Crippen LogP contribution in [0.1, 0.15) is 17.2 Å². The molecule has 0 bridgehead atoms. The second kappa shape index (κ2) is 4.69. The van der Waals surface area contributed by atoms with Gasteiger partial charge in [0.2, 0.25) is 0 Å². The Morgan fingerprint density at radius 3 is 3.20 bits per heavy atom. The quantitative estimate of drug-likeness (QED) is 0.741. The summed E-state index contributed by atoms with van der Waals surface area (Å²) in [7, 11) is 0. The van der Waals surface area contributed by atoms with Gasteiger partial charge in [-0.2, -0.15) is 0 Å². The number of aliphatic imine (C=N–C) groups is 1. The van der Waals surface area contributed by atoms with Crippen LogP contribution >= 0.6 is 11.6 Å². The van der Waals surface area contributed by atoms with E-state index in [0.29, 0.717) is 6.04 Å². The topological polar surface area (TPSA) is 27.6 Å². The largest absolute Gasteiger partial charge is 0.314 e. The SMILES string of the molecule is ClC12C=CC=N[C]1N1CCNCC1c1ccccc1C2. The van der Waals surface area contributed by atoms with Crippen LogP contribution in [-0.4, -0.2) is 35.6 Å². The fourth-order valence-corrected chi connectivity index (χ4v) is 3.85. The van der Waals surface area contributed by atoms with Crippen LogP contribution in [-0.2, 0) is 6.42 Å². The Kier molecular flexibility index (Phi) is 2.95. The van der Waals surface area contributed by atoms with Gasteiger partial charge in [-0.05, 0) is 23.6 Å². The lowest BCUT2D eigenvalue weighted by Gasteiger charge is -2.42. The van der Waals surface area contributed by atoms with Crippen molar-refractivity contribution in [1.82, 2.24) is 10.2 Å². The lowest BCUT2D eigenvalue weighted by atomic mass is 9.92. The lowest BCUT2D eigenvalue weighted by Crippen LogP contribution is -2.51. The van der Waals surface area contributed by atoms with Crippen LogP contribution in [0.4, 0.5) is 0 Å². The molecule has 1 aromatic rings. The minimum absolute atomic E-state index is 0.333. The van der Waals surface area contributed by atoms with Crippen molar-refractivity contribution in [2.75, 3.05) is 19.6 Å². The van der Waals surface area contributed by atoms with Crippen LogP contribution in [0.15, 0.2) is 41.4 Å². The number of piperazine rings is 1. The van der Waals surface area contributed by atoms with Gasteiger partial charge in [0.25, 0.3) is 0 Å². The van der Waals surface area contributed by atoms with Gasteiger partial charge in [0.05, 0.1) is 6.04 Å². The predicted molar refractivity (Wildman–Crippen MR) is 81.9 cm³/mol. The molecule has 1 radical (unpaired) electrons. The van der Waals surface area contributed by atoms with Crippen molar-refractivity contribution < 1.29 is 0 Å². The number of benzene rings is 1. The van der Waals surface area contributed by atoms with E-state index in [1.165, 1.54) is 11.1 Å². The summed E-state index contributed by atoms with van der Waals surface area (Å²) in [4.78, 5) is 6.50. The van der Waals surface area contributed by atoms with Gasteiger partial charge in [-0.1, -0.05) is 30.3 Å². The van der Waals surface area contributed by atoms with E-state index >= 15 is 0 Å². The molecule has 3 nitrogen and oxygen atoms in total. The Hall–Kier alpha value is -1.16. The standard InChI is InChI=1S/C16H17ClN3/c17-16-6-3-7-19-15(16)20-9-8-18-11-14(20)13-5-2-1-4-12(13)10-16/h1-7,14,18H,8-11H2. The molecule has 103 valence electrons. The molecule has 0 saturated carbocycles. The Morgan fingerprint density at radius 1 is 1.35 bits per heavy atom. The van der Waals surface area contributed by atoms with E-state index in [1.807, 2.05) is 12.3 Å². The second-order valence-corrected chi connectivity index (χ2v) is 6.29. The normalized spacial score (nSPS) is 33.1. The molecule has 3 aliphatic rings. The number of alkyl halides is 1. The molecule has 0 aliphatic carbocycles. The highest BCUT2D eigenvalue weighted by Gasteiger charge is 2.47. The maximum atomic E-state index is 6.93. The monoisotopic (exact) mass is 286 g/mol. The first-order valence-electron chi connectivity index (χ1n) is 7.11. The van der Waals surface area contributed by atoms with Crippen molar-refractivity contribution in [2.24, 2.45) is 4.99 Å². The van der Waals surface area contributed by atoms with Gasteiger partial charge in [-0.3, -0.25) is 9.89 Å². The minimum Gasteiger partial charge on any atom is -0.314 e. The highest BCUT2D eigenvalue weighted by Crippen LogP contribution is 2.46. The number of nitrogens with zero attached hydrogens (tertiary/aromatic N) is 2. The van der Waals surface area contributed by atoms with Crippen molar-refractivity contribution in [3.8, 4) is 0 Å². The Morgan fingerprint density at radius 2 is 2.25 bits per heavy atom. The number of dihydropyridines is 1. The second-order valence-electron chi connectivity index (χ2n) is 5.61. The zero-order valence-electron chi connectivity index (χ0n) is 11.2. The van der Waals surface area contributed by atoms with Crippen molar-refractivity contribution in [1.29, 1.82) is 0 Å². The molecular formula is C16H17ClN3. The van der Waals surface area contributed by atoms with Crippen molar-refractivity contribution in [3.63, 3.8) is 0 Å². The fourth-order valence-electron chi connectivity index (χ4n) is 3.48. The van der Waals surface area contributed by atoms with Gasteiger partial charge in [0.1, 0.15) is 4.87 Å². The van der Waals surface area contributed by atoms with Gasteiger partial charge in [-0.25, -0.2) is 0 Å². The van der Waals surface area contributed by atoms with Crippen LogP contribution in [0.5, 0.6) is 0 Å². The Labute approximate surface area is 124 Å². The van der Waals surface area contributed by atoms with E-state index in [9.17, 15) is 0 Å². The average molecular weight is 287 g/mol. The van der Waals surface area contributed by atoms with Gasteiger partial charge >= 0.3 is 0 Å². The Balaban J connectivity index is 1.87. The van der Waals surface area contributed by atoms with E-state index in [-0.39, 0.29) is 0 Å². The predicted octanol–water partition coefficient (Wildman–Crippen LogP) is 2.30. The molecule has 0 amide bonds. The van der Waals surface area contributed by atoms with E-state index in [1.54, 1.807) is 0 Å². The molecule has 20 heavy (non-hydrogen) atoms. The van der Waals surface area contributed by atoms with Crippen molar-refractivity contribution >= 4 is 17.8 Å². The molecule has 2 atom stereocenters. The van der Waals surface area contributed by atoms with E-state index in [0.717, 1.165) is 32.2 Å². The maximum Gasteiger partial charge on any atom is 0.177 e. The number of nitrogens with one attached hydrogen (secondary N) is 1. The van der Waals surface area contributed by atoms with Crippen LogP contribution in [0.2, 0.25) is 0 Å². The first-order valence-corrected chi connectivity index (χ1v) is 7.49. The summed E-state index contributed by atoms with van der Waals surface area (Å²) in [6, 6.07) is 8.97. The number of rotatable bonds is 0. The number of hydrogen-bond donors (Lipinski definition) is 1. The summed E-state index contributed by atoms with van der Waals surface area (Å²) in [5, 5.41) is 3.49. The molecule has 1 aromatic carbocycles. The molecule has 1 fully saturated rings. The van der Waals surface area contributed by atoms with Crippen LogP contribution in [0.3, 0.4) is 0 Å². The zero-order chi connectivity index (χ0) is 13.6. The molecule has 1 N–H and O–H groups in total. The first kappa shape index (κ1) is 12.6. The summed E-state index contributed by atoms with van der Waals surface area (Å²) < 4.78 is 0. The number of halogens is 1. The third-order valence-corrected chi connectivity index (χ3v) is 4.82. The summed E-state index contributed by atoms with van der Waals surface area (Å²) in [6.45, 7) is 2.88. The fraction of sp³-hybridized carbons (Fsp3) is 0.375. The minimum atomic E-state index is -0.503. The third-order valence-electron chi connectivity index (χ3n) is 4.39. The van der Waals surface area contributed by atoms with Gasteiger partial charge in [0, 0.05) is 25.8 Å². The van der Waals surface area contributed by atoms with Crippen molar-refractivity contribution in [2.45, 2.75) is 17.3 Å². The van der Waals surface area contributed by atoms with Gasteiger partial charge < -0.3 is 5.32 Å². The third kappa shape index (κ3) is 1.85. The first-order chi connectivity index (χ1) is 9.78. The van der Waals surface area contributed by atoms with E-state index in [2.05, 4.69) is 45.6 Å². The Bertz CT molecular complexity index is 583. The van der Waals surface area contributed by atoms with Gasteiger partial charge in [0.15, 0.2) is 6.17 Å². The smallest absolute Gasteiger partial charge is 0.177 e. The summed E-state index contributed by atoms with van der Waals surface area (Å²) in [5.41, 5.74) is 2.71. The number of allylic oxidation sites excluding steroid dienone is 1. The molecule has 4 heteroatoms. The van der Waals surface area contributed by atoms with Crippen LogP contribution in [0, 0.1) is 6.17 Å². The lowest BCUT2D eigenvalue weighted by molar-refractivity contribution is 0.160. The highest BCUT2D eigenvalue weighted by molar-refractivity contribution is 6.27. The van der Waals surface area contributed by atoms with Crippen LogP contribution in [0.25, 0.3) is 0 Å². The van der Waals surface area contributed by atoms with Crippen molar-refractivity contribution in [3.05, 3.63) is 53.7 Å². The van der Waals surface area contributed by atoms with E-state index in [4.69, 9.17) is 11.6 Å².